The summed E-state index contributed by atoms with van der Waals surface area (Å²) in [5.41, 5.74) is 5.05. The molecule has 4 aromatic carbocycles. The lowest BCUT2D eigenvalue weighted by molar-refractivity contribution is -0.131. The maximum atomic E-state index is 14.9. The zero-order valence-corrected chi connectivity index (χ0v) is 27.7. The molecule has 1 heterocycles. The van der Waals surface area contributed by atoms with Crippen LogP contribution < -0.4 is 9.46 Å². The summed E-state index contributed by atoms with van der Waals surface area (Å²) >= 11 is 0. The average molecular weight is 643 g/mol. The molecule has 0 fully saturated rings. The van der Waals surface area contributed by atoms with Crippen LogP contribution in [0.4, 0.5) is 10.1 Å². The van der Waals surface area contributed by atoms with E-state index in [0.717, 1.165) is 48.8 Å². The predicted octanol–water partition coefficient (Wildman–Crippen LogP) is 8.19. The molecule has 0 aromatic heterocycles. The van der Waals surface area contributed by atoms with Crippen LogP contribution in [0.5, 0.6) is 5.75 Å². The molecule has 46 heavy (non-hydrogen) atoms. The molecular weight excluding hydrogens is 599 g/mol. The third kappa shape index (κ3) is 8.75. The summed E-state index contributed by atoms with van der Waals surface area (Å²) in [7, 11) is -4.06. The van der Waals surface area contributed by atoms with Crippen LogP contribution in [0, 0.1) is 5.82 Å². The van der Waals surface area contributed by atoms with E-state index in [-0.39, 0.29) is 28.3 Å². The maximum absolute atomic E-state index is 14.9. The first-order chi connectivity index (χ1) is 22.0. The van der Waals surface area contributed by atoms with E-state index in [1.807, 2.05) is 18.2 Å². The Morgan fingerprint density at radius 3 is 2.26 bits per heavy atom. The highest BCUT2D eigenvalue weighted by Crippen LogP contribution is 2.29. The van der Waals surface area contributed by atoms with Gasteiger partial charge in [-0.15, -0.1) is 0 Å². The summed E-state index contributed by atoms with van der Waals surface area (Å²) in [6.45, 7) is 7.67. The van der Waals surface area contributed by atoms with Crippen molar-refractivity contribution in [1.29, 1.82) is 0 Å². The Morgan fingerprint density at radius 1 is 0.826 bits per heavy atom. The molecule has 1 aliphatic heterocycles. The SMILES string of the molecule is CC(C)(C)c1ccc(CC(=O)N2Cc3ccc(S(=O)(=O)Nc4ccc(OCCCCCCc5ccccc5)cc4F)cc3C2)cc1. The van der Waals surface area contributed by atoms with Gasteiger partial charge in [0.05, 0.1) is 23.6 Å². The molecule has 1 N–H and O–H groups in total. The molecule has 242 valence electrons. The summed E-state index contributed by atoms with van der Waals surface area (Å²) in [5.74, 6) is -0.371. The summed E-state index contributed by atoms with van der Waals surface area (Å²) < 4.78 is 49.4. The molecule has 1 amide bonds. The van der Waals surface area contributed by atoms with Gasteiger partial charge in [-0.25, -0.2) is 12.8 Å². The average Bonchev–Trinajstić information content (AvgIpc) is 3.46. The van der Waals surface area contributed by atoms with E-state index in [0.29, 0.717) is 25.4 Å². The number of unbranched alkanes of at least 4 members (excludes halogenated alkanes) is 3. The zero-order chi connectivity index (χ0) is 32.7. The second-order valence-electron chi connectivity index (χ2n) is 13.0. The van der Waals surface area contributed by atoms with E-state index in [1.54, 1.807) is 23.1 Å². The smallest absolute Gasteiger partial charge is 0.261 e. The molecule has 0 atom stereocenters. The minimum atomic E-state index is -4.06. The Morgan fingerprint density at radius 2 is 1.54 bits per heavy atom. The number of hydrogen-bond acceptors (Lipinski definition) is 4. The quantitative estimate of drug-likeness (QED) is 0.149. The number of ether oxygens (including phenoxy) is 1. The molecule has 0 bridgehead atoms. The number of hydrogen-bond donors (Lipinski definition) is 1. The van der Waals surface area contributed by atoms with Crippen LogP contribution in [-0.2, 0) is 46.2 Å². The normalized spacial score (nSPS) is 13.0. The molecule has 0 unspecified atom stereocenters. The highest BCUT2D eigenvalue weighted by molar-refractivity contribution is 7.92. The van der Waals surface area contributed by atoms with Crippen molar-refractivity contribution in [2.45, 2.75) is 82.7 Å². The largest absolute Gasteiger partial charge is 0.493 e. The minimum absolute atomic E-state index is 0.0188. The topological polar surface area (TPSA) is 75.7 Å². The van der Waals surface area contributed by atoms with Crippen LogP contribution >= 0.6 is 0 Å². The Bertz CT molecular complexity index is 1750. The number of sulfonamides is 1. The third-order valence-corrected chi connectivity index (χ3v) is 9.76. The number of benzene rings is 4. The summed E-state index contributed by atoms with van der Waals surface area (Å²) in [6, 6.07) is 27.5. The minimum Gasteiger partial charge on any atom is -0.493 e. The number of anilines is 1. The fraction of sp³-hybridized carbons (Fsp3) is 0.342. The Hall–Kier alpha value is -4.17. The number of fused-ring (bicyclic) bond motifs is 1. The molecule has 6 nitrogen and oxygen atoms in total. The van der Waals surface area contributed by atoms with Crippen molar-refractivity contribution >= 4 is 21.6 Å². The highest BCUT2D eigenvalue weighted by Gasteiger charge is 2.26. The Balaban J connectivity index is 1.10. The number of nitrogens with one attached hydrogen (secondary N) is 1. The van der Waals surface area contributed by atoms with Crippen LogP contribution in [0.15, 0.2) is 95.9 Å². The van der Waals surface area contributed by atoms with Gasteiger partial charge < -0.3 is 9.64 Å². The van der Waals surface area contributed by atoms with Gasteiger partial charge in [0.15, 0.2) is 5.82 Å². The van der Waals surface area contributed by atoms with Crippen LogP contribution in [0.2, 0.25) is 0 Å². The number of carbonyl (C=O) groups is 1. The van der Waals surface area contributed by atoms with Crippen LogP contribution in [0.3, 0.4) is 0 Å². The van der Waals surface area contributed by atoms with Gasteiger partial charge in [-0.3, -0.25) is 9.52 Å². The van der Waals surface area contributed by atoms with E-state index >= 15 is 0 Å². The monoisotopic (exact) mass is 642 g/mol. The molecule has 0 aliphatic carbocycles. The van der Waals surface area contributed by atoms with Crippen LogP contribution in [0.25, 0.3) is 0 Å². The Kier molecular flexibility index (Phi) is 10.5. The molecule has 5 rings (SSSR count). The second-order valence-corrected chi connectivity index (χ2v) is 14.7. The number of carbonyl (C=O) groups excluding carboxylic acids is 1. The molecule has 1 aliphatic rings. The molecule has 0 radical (unpaired) electrons. The number of amides is 1. The summed E-state index contributed by atoms with van der Waals surface area (Å²) in [6.07, 6.45) is 5.42. The lowest BCUT2D eigenvalue weighted by Crippen LogP contribution is -2.26. The van der Waals surface area contributed by atoms with Gasteiger partial charge in [-0.2, -0.15) is 0 Å². The number of halogens is 1. The van der Waals surface area contributed by atoms with E-state index in [9.17, 15) is 17.6 Å². The maximum Gasteiger partial charge on any atom is 0.261 e. The van der Waals surface area contributed by atoms with Gasteiger partial charge in [0.2, 0.25) is 5.91 Å². The fourth-order valence-electron chi connectivity index (χ4n) is 5.61. The Labute approximate surface area is 272 Å². The van der Waals surface area contributed by atoms with E-state index < -0.39 is 15.8 Å². The highest BCUT2D eigenvalue weighted by atomic mass is 32.2. The summed E-state index contributed by atoms with van der Waals surface area (Å²) in [5, 5.41) is 0. The summed E-state index contributed by atoms with van der Waals surface area (Å²) in [4.78, 5) is 14.8. The predicted molar refractivity (Wildman–Crippen MR) is 181 cm³/mol. The molecule has 0 saturated heterocycles. The first kappa shape index (κ1) is 33.2. The standard InChI is InChI=1S/C38H43FN2O4S/c1-38(2,3)32-17-14-29(15-18-32)23-37(42)41-26-30-16-20-34(24-31(30)27-41)46(43,44)40-36-21-19-33(25-35(36)39)45-22-10-5-4-7-11-28-12-8-6-9-13-28/h6,8-9,12-21,24-25,40H,4-5,7,10-11,22-23,26-27H2,1-3H3. The van der Waals surface area contributed by atoms with Crippen molar-refractivity contribution in [3.05, 3.63) is 125 Å². The lowest BCUT2D eigenvalue weighted by Gasteiger charge is -2.19. The van der Waals surface area contributed by atoms with Crippen molar-refractivity contribution in [3.63, 3.8) is 0 Å². The second kappa shape index (κ2) is 14.5. The van der Waals surface area contributed by atoms with Gasteiger partial charge >= 0.3 is 0 Å². The molecule has 0 spiro atoms. The van der Waals surface area contributed by atoms with Gasteiger partial charge in [0, 0.05) is 19.2 Å². The van der Waals surface area contributed by atoms with E-state index in [1.165, 1.54) is 29.3 Å². The van der Waals surface area contributed by atoms with Crippen LogP contribution in [-0.4, -0.2) is 25.8 Å². The molecule has 0 saturated carbocycles. The molecule has 4 aromatic rings. The molecular formula is C38H43FN2O4S. The fourth-order valence-corrected chi connectivity index (χ4v) is 6.73. The van der Waals surface area contributed by atoms with Gasteiger partial charge in [0.25, 0.3) is 10.0 Å². The number of aryl methyl sites for hydroxylation is 1. The first-order valence-electron chi connectivity index (χ1n) is 16.0. The molecule has 8 heteroatoms. The van der Waals surface area contributed by atoms with Crippen molar-refractivity contribution < 1.29 is 22.3 Å². The van der Waals surface area contributed by atoms with Crippen molar-refractivity contribution in [2.24, 2.45) is 0 Å². The van der Waals surface area contributed by atoms with Crippen molar-refractivity contribution in [1.82, 2.24) is 4.90 Å². The van der Waals surface area contributed by atoms with Gasteiger partial charge in [-0.05, 0) is 76.8 Å². The van der Waals surface area contributed by atoms with Crippen molar-refractivity contribution in [2.75, 3.05) is 11.3 Å². The van der Waals surface area contributed by atoms with Crippen molar-refractivity contribution in [3.8, 4) is 5.75 Å². The van der Waals surface area contributed by atoms with E-state index in [4.69, 9.17) is 4.74 Å². The lowest BCUT2D eigenvalue weighted by atomic mass is 9.86. The van der Waals surface area contributed by atoms with Crippen LogP contribution in [0.1, 0.15) is 74.3 Å². The van der Waals surface area contributed by atoms with E-state index in [2.05, 4.69) is 61.9 Å². The number of rotatable bonds is 13. The third-order valence-electron chi connectivity index (χ3n) is 8.39. The first-order valence-corrected chi connectivity index (χ1v) is 17.4. The number of nitrogens with zero attached hydrogens (tertiary/aromatic N) is 1. The zero-order valence-electron chi connectivity index (χ0n) is 26.9. The van der Waals surface area contributed by atoms with Gasteiger partial charge in [-0.1, -0.05) is 94.3 Å². The van der Waals surface area contributed by atoms with Gasteiger partial charge in [0.1, 0.15) is 5.75 Å².